The maximum Gasteiger partial charge on any atom is 0.0953 e. The minimum absolute atomic E-state index is 0.350. The first kappa shape index (κ1) is 15.1. The molecule has 0 atom stereocenters. The van der Waals surface area contributed by atoms with Crippen LogP contribution in [-0.4, -0.2) is 73.3 Å². The lowest BCUT2D eigenvalue weighted by molar-refractivity contribution is -0.262. The predicted molar refractivity (Wildman–Crippen MR) is 70.4 cm³/mol. The first-order valence-electron chi connectivity index (χ1n) is 5.79. The molecule has 0 aliphatic carbocycles. The molecule has 1 N–H and O–H groups in total. The lowest BCUT2D eigenvalue weighted by Gasteiger charge is -2.29. The third kappa shape index (κ3) is 5.96. The number of hydrazone groups is 1. The van der Waals surface area contributed by atoms with Gasteiger partial charge in [0.05, 0.1) is 37.5 Å². The molecule has 1 aliphatic rings. The molecule has 1 heterocycles. The van der Waals surface area contributed by atoms with E-state index in [0.29, 0.717) is 32.0 Å². The minimum Gasteiger partial charge on any atom is -0.379 e. The van der Waals surface area contributed by atoms with Crippen molar-refractivity contribution >= 4 is 12.6 Å². The maximum absolute atomic E-state index is 9.70. The second-order valence-corrected chi connectivity index (χ2v) is 3.99. The molecule has 1 rings (SSSR count). The zero-order valence-corrected chi connectivity index (χ0v) is 11.1. The fourth-order valence-electron chi connectivity index (χ4n) is 1.27. The van der Waals surface area contributed by atoms with Crippen LogP contribution in [0.5, 0.6) is 0 Å². The van der Waals surface area contributed by atoms with Crippen molar-refractivity contribution in [2.75, 3.05) is 40.4 Å². The van der Waals surface area contributed by atoms with E-state index in [1.165, 1.54) is 12.3 Å². The molecule has 1 aliphatic heterocycles. The highest BCUT2D eigenvalue weighted by Crippen LogP contribution is 2.01. The van der Waals surface area contributed by atoms with Crippen molar-refractivity contribution in [3.8, 4) is 6.07 Å². The summed E-state index contributed by atoms with van der Waals surface area (Å²) < 4.78 is 5.16. The molecule has 19 heavy (non-hydrogen) atoms. The molecule has 0 unspecified atom stereocenters. The highest BCUT2D eigenvalue weighted by atomic mass is 16.6. The topological polar surface area (TPSA) is 87.7 Å². The molecule has 1 fully saturated rings. The minimum atomic E-state index is 0.350. The van der Waals surface area contributed by atoms with Gasteiger partial charge in [0, 0.05) is 33.3 Å². The number of aliphatic imine (C=N–C) groups is 1. The van der Waals surface area contributed by atoms with Gasteiger partial charge in [-0.15, -0.1) is 5.10 Å². The number of morpholine rings is 1. The molecule has 0 radical (unpaired) electrons. The van der Waals surface area contributed by atoms with Gasteiger partial charge in [-0.25, -0.2) is 4.99 Å². The van der Waals surface area contributed by atoms with Gasteiger partial charge in [-0.2, -0.15) is 10.3 Å². The summed E-state index contributed by atoms with van der Waals surface area (Å²) in [5.41, 5.74) is 0.350. The number of allylic oxidation sites excluding steroid dienone is 2. The van der Waals surface area contributed by atoms with E-state index in [0.717, 1.165) is 5.28 Å². The Kier molecular flexibility index (Phi) is 6.52. The average molecular weight is 266 g/mol. The third-order valence-electron chi connectivity index (χ3n) is 2.18. The number of nitriles is 1. The van der Waals surface area contributed by atoms with Crippen LogP contribution in [-0.2, 0) is 4.74 Å². The van der Waals surface area contributed by atoms with Gasteiger partial charge >= 0.3 is 0 Å². The highest BCUT2D eigenvalue weighted by Gasteiger charge is 2.14. The fraction of sp³-hybridized carbons (Fsp3) is 0.545. The second kappa shape index (κ2) is 8.20. The van der Waals surface area contributed by atoms with E-state index in [1.807, 2.05) is 20.2 Å². The molecule has 0 aromatic rings. The number of ether oxygens (including phenoxy) is 1. The van der Waals surface area contributed by atoms with Crippen LogP contribution in [0.1, 0.15) is 0 Å². The van der Waals surface area contributed by atoms with Crippen LogP contribution in [0.2, 0.25) is 0 Å². The predicted octanol–water partition coefficient (Wildman–Crippen LogP) is -0.0920. The number of nitrogens with zero attached hydrogens (tertiary/aromatic N) is 6. The van der Waals surface area contributed by atoms with Gasteiger partial charge in [0.2, 0.25) is 0 Å². The van der Waals surface area contributed by atoms with E-state index in [1.54, 1.807) is 16.2 Å². The number of hydrogen-bond acceptors (Lipinski definition) is 7. The average Bonchev–Trinajstić information content (AvgIpc) is 2.42. The lowest BCUT2D eigenvalue weighted by atomic mass is 10.4. The standard InChI is InChI=1S/C11H18N6O2/c1-15(2)10-13-11(3-4-12)9-14-17(18)16-5-7-19-8-6-16/h3,9-10,18H,5-8H2,1-2H3. The molecule has 0 saturated carbocycles. The van der Waals surface area contributed by atoms with E-state index in [4.69, 9.17) is 10.00 Å². The molecule has 104 valence electrons. The fourth-order valence-corrected chi connectivity index (χ4v) is 1.27. The summed E-state index contributed by atoms with van der Waals surface area (Å²) in [7, 11) is 3.63. The van der Waals surface area contributed by atoms with Gasteiger partial charge in [0.1, 0.15) is 0 Å². The molecule has 8 heteroatoms. The molecule has 0 aromatic heterocycles. The Bertz CT molecular complexity index is 392. The Morgan fingerprint density at radius 2 is 2.11 bits per heavy atom. The first-order valence-corrected chi connectivity index (χ1v) is 5.79. The molecule has 1 saturated heterocycles. The Morgan fingerprint density at radius 3 is 2.68 bits per heavy atom. The maximum atomic E-state index is 9.70. The summed E-state index contributed by atoms with van der Waals surface area (Å²) in [5.74, 6) is 0. The van der Waals surface area contributed by atoms with Crippen LogP contribution in [0, 0.1) is 11.3 Å². The van der Waals surface area contributed by atoms with Crippen molar-refractivity contribution in [2.24, 2.45) is 10.1 Å². The number of rotatable bonds is 5. The normalized spacial score (nSPS) is 17.9. The molecule has 8 nitrogen and oxygen atoms in total. The van der Waals surface area contributed by atoms with Crippen molar-refractivity contribution < 1.29 is 9.94 Å². The Balaban J connectivity index is 2.60. The van der Waals surface area contributed by atoms with Gasteiger partial charge in [-0.1, -0.05) is 5.28 Å². The molecular weight excluding hydrogens is 248 g/mol. The number of hydrazine groups is 1. The van der Waals surface area contributed by atoms with Gasteiger partial charge in [-0.05, 0) is 0 Å². The summed E-state index contributed by atoms with van der Waals surface area (Å²) in [6.07, 6.45) is 4.11. The van der Waals surface area contributed by atoms with Gasteiger partial charge < -0.3 is 9.64 Å². The first-order chi connectivity index (χ1) is 9.13. The van der Waals surface area contributed by atoms with E-state index >= 15 is 0 Å². The smallest absolute Gasteiger partial charge is 0.0953 e. The van der Waals surface area contributed by atoms with Crippen LogP contribution in [0.3, 0.4) is 0 Å². The van der Waals surface area contributed by atoms with Crippen LogP contribution >= 0.6 is 0 Å². The summed E-state index contributed by atoms with van der Waals surface area (Å²) in [4.78, 5) is 5.77. The molecule has 0 aromatic carbocycles. The summed E-state index contributed by atoms with van der Waals surface area (Å²) in [5, 5.41) is 24.5. The van der Waals surface area contributed by atoms with Crippen LogP contribution in [0.25, 0.3) is 0 Å². The summed E-state index contributed by atoms with van der Waals surface area (Å²) in [6.45, 7) is 2.22. The largest absolute Gasteiger partial charge is 0.379 e. The van der Waals surface area contributed by atoms with E-state index in [9.17, 15) is 5.21 Å². The molecule has 0 amide bonds. The van der Waals surface area contributed by atoms with Gasteiger partial charge in [0.15, 0.2) is 0 Å². The van der Waals surface area contributed by atoms with E-state index in [-0.39, 0.29) is 0 Å². The monoisotopic (exact) mass is 266 g/mol. The Morgan fingerprint density at radius 1 is 1.42 bits per heavy atom. The molecule has 0 bridgehead atoms. The lowest BCUT2D eigenvalue weighted by Crippen LogP contribution is -2.44. The van der Waals surface area contributed by atoms with Crippen molar-refractivity contribution in [3.05, 3.63) is 11.8 Å². The SMILES string of the molecule is CN(C)C=NC(C=NN(O)N1CCOCC1)=CC#N. The molecule has 0 spiro atoms. The zero-order valence-electron chi connectivity index (χ0n) is 11.1. The highest BCUT2D eigenvalue weighted by molar-refractivity contribution is 5.81. The van der Waals surface area contributed by atoms with Crippen LogP contribution in [0.4, 0.5) is 0 Å². The van der Waals surface area contributed by atoms with Crippen molar-refractivity contribution in [3.63, 3.8) is 0 Å². The second-order valence-electron chi connectivity index (χ2n) is 3.99. The molecular formula is C11H18N6O2. The van der Waals surface area contributed by atoms with Gasteiger partial charge in [0.25, 0.3) is 0 Å². The zero-order chi connectivity index (χ0) is 14.1. The number of hydrogen-bond donors (Lipinski definition) is 1. The van der Waals surface area contributed by atoms with Crippen LogP contribution in [0.15, 0.2) is 21.9 Å². The third-order valence-corrected chi connectivity index (χ3v) is 2.18. The van der Waals surface area contributed by atoms with Crippen molar-refractivity contribution in [1.82, 2.24) is 15.2 Å². The quantitative estimate of drug-likeness (QED) is 0.324. The summed E-state index contributed by atoms with van der Waals surface area (Å²) >= 11 is 0. The van der Waals surface area contributed by atoms with E-state index < -0.39 is 0 Å². The van der Waals surface area contributed by atoms with Gasteiger partial charge in [-0.3, -0.25) is 5.21 Å². The van der Waals surface area contributed by atoms with Crippen molar-refractivity contribution in [2.45, 2.75) is 0 Å². The Hall–Kier alpha value is -1.95. The van der Waals surface area contributed by atoms with Crippen LogP contribution < -0.4 is 0 Å². The van der Waals surface area contributed by atoms with Crippen molar-refractivity contribution in [1.29, 1.82) is 5.26 Å². The Labute approximate surface area is 112 Å². The summed E-state index contributed by atoms with van der Waals surface area (Å²) in [6, 6.07) is 1.88. The van der Waals surface area contributed by atoms with E-state index in [2.05, 4.69) is 10.1 Å².